The van der Waals surface area contributed by atoms with Crippen LogP contribution >= 0.6 is 11.6 Å². The summed E-state index contributed by atoms with van der Waals surface area (Å²) in [5, 5.41) is 10.5. The van der Waals surface area contributed by atoms with Gasteiger partial charge in [0.05, 0.1) is 33.9 Å². The van der Waals surface area contributed by atoms with Gasteiger partial charge in [0.15, 0.2) is 11.5 Å². The van der Waals surface area contributed by atoms with Crippen LogP contribution < -0.4 is 35.5 Å². The van der Waals surface area contributed by atoms with Crippen LogP contribution in [0.4, 0.5) is 10.1 Å². The van der Waals surface area contributed by atoms with E-state index in [2.05, 4.69) is 10.3 Å². The zero-order valence-corrected chi connectivity index (χ0v) is 25.7. The molecule has 0 spiro atoms. The number of ether oxygens (including phenoxy) is 4. The third-order valence-corrected chi connectivity index (χ3v) is 7.50. The fraction of sp³-hybridized carbons (Fsp3) is 0.182. The van der Waals surface area contributed by atoms with Crippen molar-refractivity contribution in [1.29, 1.82) is 5.41 Å². The van der Waals surface area contributed by atoms with Gasteiger partial charge in [-0.15, -0.1) is 0 Å². The smallest absolute Gasteiger partial charge is 0.335 e. The quantitative estimate of drug-likeness (QED) is 0.148. The molecule has 0 radical (unpaired) electrons. The number of anilines is 1. The van der Waals surface area contributed by atoms with Crippen molar-refractivity contribution in [3.8, 4) is 34.4 Å². The Morgan fingerprint density at radius 3 is 2.60 bits per heavy atom. The van der Waals surface area contributed by atoms with Gasteiger partial charge in [0, 0.05) is 31.6 Å². The summed E-state index contributed by atoms with van der Waals surface area (Å²) < 4.78 is 39.3. The van der Waals surface area contributed by atoms with Gasteiger partial charge < -0.3 is 34.2 Å². The van der Waals surface area contributed by atoms with Crippen molar-refractivity contribution in [3.05, 3.63) is 104 Å². The number of unbranched alkanes of at least 4 members (excludes halogenated alkanes) is 1. The van der Waals surface area contributed by atoms with E-state index < -0.39 is 23.0 Å². The number of amides is 1. The Morgan fingerprint density at radius 1 is 1.09 bits per heavy atom. The maximum atomic E-state index is 13.4. The molecule has 240 valence electrons. The molecule has 2 aromatic heterocycles. The van der Waals surface area contributed by atoms with Gasteiger partial charge in [-0.3, -0.25) is 14.6 Å². The van der Waals surface area contributed by atoms with E-state index in [0.29, 0.717) is 72.3 Å². The van der Waals surface area contributed by atoms with E-state index >= 15 is 0 Å². The van der Waals surface area contributed by atoms with Gasteiger partial charge in [-0.25, -0.2) is 13.8 Å². The molecule has 1 amide bonds. The molecule has 0 unspecified atom stereocenters. The number of aromatic nitrogens is 3. The first-order chi connectivity index (χ1) is 22.7. The highest BCUT2D eigenvalue weighted by Gasteiger charge is 2.25. The molecule has 1 aliphatic rings. The topological polar surface area (TPSA) is 147 Å². The maximum absolute atomic E-state index is 13.4. The lowest BCUT2D eigenvalue weighted by Gasteiger charge is -2.23. The monoisotopic (exact) mass is 659 g/mol. The van der Waals surface area contributed by atoms with E-state index in [1.165, 1.54) is 37.5 Å². The number of pyridine rings is 1. The highest BCUT2D eigenvalue weighted by molar-refractivity contribution is 6.34. The summed E-state index contributed by atoms with van der Waals surface area (Å²) in [6, 6.07) is 12.7. The van der Waals surface area contributed by atoms with E-state index in [1.54, 1.807) is 24.4 Å². The fourth-order valence-corrected chi connectivity index (χ4v) is 5.17. The van der Waals surface area contributed by atoms with Crippen LogP contribution in [-0.2, 0) is 7.05 Å². The predicted octanol–water partition coefficient (Wildman–Crippen LogP) is 5.50. The molecule has 47 heavy (non-hydrogen) atoms. The minimum Gasteiger partial charge on any atom is -0.489 e. The molecule has 14 heteroatoms. The second-order valence-corrected chi connectivity index (χ2v) is 10.8. The third-order valence-electron chi connectivity index (χ3n) is 7.19. The number of carbonyl (C=O) groups is 1. The second-order valence-electron chi connectivity index (χ2n) is 10.4. The Labute approximate surface area is 271 Å². The van der Waals surface area contributed by atoms with Gasteiger partial charge in [-0.2, -0.15) is 0 Å². The number of nitrogens with one attached hydrogen (secondary N) is 2. The van der Waals surface area contributed by atoms with E-state index in [9.17, 15) is 18.8 Å². The summed E-state index contributed by atoms with van der Waals surface area (Å²) in [6.45, 7) is 1.05. The minimum absolute atomic E-state index is 0.107. The molecule has 0 atom stereocenters. The highest BCUT2D eigenvalue weighted by atomic mass is 35.5. The van der Waals surface area contributed by atoms with Gasteiger partial charge in [0.25, 0.3) is 11.5 Å². The first-order valence-corrected chi connectivity index (χ1v) is 14.8. The third kappa shape index (κ3) is 6.38. The standard InChI is InChI=1S/C33H27ClFN5O7/c1-39-18-22(32(42)40(33(39)43)20-6-4-19(35)5-7-20)31(41)38-24-9-8-21(16-23(24)34)47-26-10-12-37-25-17-27(44-13-3-2-11-36)29-30(28(25)26)46-15-14-45-29/h4-12,16-18,36H,2-3,13-15H2,1H3,(H,38,41). The number of aryl methyl sites for hydroxylation is 1. The van der Waals surface area contributed by atoms with Crippen molar-refractivity contribution < 1.29 is 28.1 Å². The molecular weight excluding hydrogens is 633 g/mol. The molecule has 12 nitrogen and oxygen atoms in total. The zero-order chi connectivity index (χ0) is 33.1. The molecule has 3 heterocycles. The summed E-state index contributed by atoms with van der Waals surface area (Å²) in [6.07, 6.45) is 5.30. The van der Waals surface area contributed by atoms with E-state index in [0.717, 1.165) is 27.5 Å². The van der Waals surface area contributed by atoms with Crippen molar-refractivity contribution >= 4 is 40.3 Å². The molecule has 0 saturated carbocycles. The van der Waals surface area contributed by atoms with Crippen LogP contribution in [0.1, 0.15) is 23.2 Å². The normalized spacial score (nSPS) is 12.1. The van der Waals surface area contributed by atoms with Crippen LogP contribution in [0.2, 0.25) is 5.02 Å². The first kappa shape index (κ1) is 31.3. The average Bonchev–Trinajstić information content (AvgIpc) is 3.07. The highest BCUT2D eigenvalue weighted by Crippen LogP contribution is 2.48. The fourth-order valence-electron chi connectivity index (χ4n) is 4.95. The lowest BCUT2D eigenvalue weighted by atomic mass is 10.1. The van der Waals surface area contributed by atoms with Crippen molar-refractivity contribution in [2.45, 2.75) is 12.8 Å². The van der Waals surface area contributed by atoms with Crippen LogP contribution in [0.3, 0.4) is 0 Å². The molecule has 5 aromatic rings. The van der Waals surface area contributed by atoms with Crippen molar-refractivity contribution in [3.63, 3.8) is 0 Å². The molecule has 0 fully saturated rings. The van der Waals surface area contributed by atoms with Crippen LogP contribution in [0, 0.1) is 11.2 Å². The molecule has 2 N–H and O–H groups in total. The number of halogens is 2. The molecule has 3 aromatic carbocycles. The summed E-state index contributed by atoms with van der Waals surface area (Å²) >= 11 is 6.53. The largest absolute Gasteiger partial charge is 0.489 e. The average molecular weight is 660 g/mol. The van der Waals surface area contributed by atoms with E-state index in [1.807, 2.05) is 0 Å². The zero-order valence-electron chi connectivity index (χ0n) is 24.9. The SMILES string of the molecule is Cn1cc(C(=O)Nc2ccc(Oc3ccnc4cc(OCCCC=N)c5c(c34)OCCO5)cc2Cl)c(=O)n(-c2ccc(F)cc2)c1=O. The van der Waals surface area contributed by atoms with Gasteiger partial charge in [-0.05, 0) is 61.5 Å². The van der Waals surface area contributed by atoms with E-state index in [-0.39, 0.29) is 22.0 Å². The number of hydrogen-bond acceptors (Lipinski definition) is 9. The van der Waals surface area contributed by atoms with E-state index in [4.69, 9.17) is 36.0 Å². The van der Waals surface area contributed by atoms with Crippen LogP contribution in [-0.4, -0.2) is 46.1 Å². The Hall–Kier alpha value is -5.69. The maximum Gasteiger partial charge on any atom is 0.335 e. The van der Waals surface area contributed by atoms with Gasteiger partial charge in [0.1, 0.15) is 36.1 Å². The Morgan fingerprint density at radius 2 is 1.85 bits per heavy atom. The molecule has 0 saturated heterocycles. The van der Waals surface area contributed by atoms with Gasteiger partial charge in [-0.1, -0.05) is 11.6 Å². The van der Waals surface area contributed by atoms with Crippen molar-refractivity contribution in [2.75, 3.05) is 25.1 Å². The molecule has 0 aliphatic carbocycles. The molecular formula is C33H27ClFN5O7. The lowest BCUT2D eigenvalue weighted by Crippen LogP contribution is -2.41. The minimum atomic E-state index is -0.882. The van der Waals surface area contributed by atoms with Crippen LogP contribution in [0.5, 0.6) is 28.7 Å². The number of benzene rings is 3. The number of carbonyl (C=O) groups excluding carboxylic acids is 1. The number of rotatable bonds is 10. The van der Waals surface area contributed by atoms with Crippen LogP contribution in [0.25, 0.3) is 16.6 Å². The number of nitrogens with zero attached hydrogens (tertiary/aromatic N) is 3. The predicted molar refractivity (Wildman–Crippen MR) is 173 cm³/mol. The van der Waals surface area contributed by atoms with Crippen LogP contribution in [0.15, 0.2) is 76.6 Å². The van der Waals surface area contributed by atoms with Crippen molar-refractivity contribution in [1.82, 2.24) is 14.1 Å². The number of fused-ring (bicyclic) bond motifs is 3. The summed E-state index contributed by atoms with van der Waals surface area (Å²) in [5.74, 6) is 0.732. The van der Waals surface area contributed by atoms with Gasteiger partial charge in [0.2, 0.25) is 5.75 Å². The number of hydrogen-bond donors (Lipinski definition) is 2. The van der Waals surface area contributed by atoms with Crippen molar-refractivity contribution in [2.24, 2.45) is 7.05 Å². The first-order valence-electron chi connectivity index (χ1n) is 14.5. The summed E-state index contributed by atoms with van der Waals surface area (Å²) in [7, 11) is 1.39. The molecule has 6 rings (SSSR count). The summed E-state index contributed by atoms with van der Waals surface area (Å²) in [5.41, 5.74) is -1.08. The Balaban J connectivity index is 1.26. The summed E-state index contributed by atoms with van der Waals surface area (Å²) in [4.78, 5) is 43.6. The Bertz CT molecular complexity index is 2130. The second kappa shape index (κ2) is 13.3. The molecule has 0 bridgehead atoms. The lowest BCUT2D eigenvalue weighted by molar-refractivity contribution is 0.102. The molecule has 1 aliphatic heterocycles. The van der Waals surface area contributed by atoms with Gasteiger partial charge >= 0.3 is 5.69 Å². The Kier molecular flexibility index (Phi) is 8.89.